The van der Waals surface area contributed by atoms with Crippen molar-refractivity contribution in [3.8, 4) is 16.9 Å². The molecule has 1 aliphatic rings. The number of rotatable bonds is 5. The first-order chi connectivity index (χ1) is 9.78. The van der Waals surface area contributed by atoms with Gasteiger partial charge >= 0.3 is 0 Å². The van der Waals surface area contributed by atoms with Crippen molar-refractivity contribution in [3.63, 3.8) is 0 Å². The monoisotopic (exact) mass is 287 g/mol. The number of halogens is 1. The highest BCUT2D eigenvalue weighted by atomic mass is 35.5. The van der Waals surface area contributed by atoms with Gasteiger partial charge in [0.1, 0.15) is 5.75 Å². The Morgan fingerprint density at radius 1 is 1.15 bits per heavy atom. The highest BCUT2D eigenvalue weighted by molar-refractivity contribution is 6.30. The van der Waals surface area contributed by atoms with Crippen LogP contribution in [0.2, 0.25) is 5.02 Å². The summed E-state index contributed by atoms with van der Waals surface area (Å²) in [4.78, 5) is 0. The van der Waals surface area contributed by atoms with Gasteiger partial charge in [0.2, 0.25) is 0 Å². The molecule has 0 unspecified atom stereocenters. The number of methoxy groups -OCH3 is 1. The van der Waals surface area contributed by atoms with E-state index in [4.69, 9.17) is 16.3 Å². The fourth-order valence-corrected chi connectivity index (χ4v) is 2.57. The fraction of sp³-hybridized carbons (Fsp3) is 0.294. The predicted octanol–water partition coefficient (Wildman–Crippen LogP) is 4.27. The number of benzene rings is 2. The van der Waals surface area contributed by atoms with Crippen LogP contribution in [0.15, 0.2) is 42.5 Å². The summed E-state index contributed by atoms with van der Waals surface area (Å²) < 4.78 is 5.47. The van der Waals surface area contributed by atoms with Gasteiger partial charge in [0, 0.05) is 23.2 Å². The summed E-state index contributed by atoms with van der Waals surface area (Å²) in [5.41, 5.74) is 3.51. The molecular formula is C17H18ClNO. The van der Waals surface area contributed by atoms with Gasteiger partial charge in [-0.25, -0.2) is 0 Å². The lowest BCUT2D eigenvalue weighted by Crippen LogP contribution is -2.15. The lowest BCUT2D eigenvalue weighted by atomic mass is 9.98. The first-order valence-corrected chi connectivity index (χ1v) is 7.31. The summed E-state index contributed by atoms with van der Waals surface area (Å²) >= 11 is 6.15. The second-order valence-electron chi connectivity index (χ2n) is 5.16. The Morgan fingerprint density at radius 2 is 1.95 bits per heavy atom. The van der Waals surface area contributed by atoms with Gasteiger partial charge in [-0.1, -0.05) is 35.9 Å². The number of hydrogen-bond acceptors (Lipinski definition) is 2. The normalized spacial score (nSPS) is 14.3. The molecule has 104 valence electrons. The molecule has 3 heteroatoms. The van der Waals surface area contributed by atoms with Crippen molar-refractivity contribution in [2.24, 2.45) is 0 Å². The van der Waals surface area contributed by atoms with Crippen LogP contribution in [0.4, 0.5) is 0 Å². The Bertz CT molecular complexity index is 608. The Balaban J connectivity index is 1.98. The number of para-hydroxylation sites is 1. The van der Waals surface area contributed by atoms with Crippen LogP contribution >= 0.6 is 11.6 Å². The molecule has 1 fully saturated rings. The standard InChI is InChI=1S/C17H18ClNO/c1-20-17-5-3-2-4-16(17)15-9-6-13(18)10-12(15)11-19-14-7-8-14/h2-6,9-10,14,19H,7-8,11H2,1H3. The van der Waals surface area contributed by atoms with Gasteiger partial charge in [0.15, 0.2) is 0 Å². The Hall–Kier alpha value is -1.51. The summed E-state index contributed by atoms with van der Waals surface area (Å²) in [6.07, 6.45) is 2.56. The summed E-state index contributed by atoms with van der Waals surface area (Å²) in [7, 11) is 1.71. The second kappa shape index (κ2) is 5.86. The van der Waals surface area contributed by atoms with Crippen molar-refractivity contribution in [3.05, 3.63) is 53.1 Å². The molecule has 2 aromatic carbocycles. The van der Waals surface area contributed by atoms with E-state index in [2.05, 4.69) is 17.4 Å². The van der Waals surface area contributed by atoms with Crippen LogP contribution in [0, 0.1) is 0 Å². The summed E-state index contributed by atoms with van der Waals surface area (Å²) in [6, 6.07) is 14.8. The molecule has 2 aromatic rings. The molecular weight excluding hydrogens is 270 g/mol. The third kappa shape index (κ3) is 2.97. The van der Waals surface area contributed by atoms with Gasteiger partial charge in [0.05, 0.1) is 7.11 Å². The van der Waals surface area contributed by atoms with Crippen molar-refractivity contribution in [2.75, 3.05) is 7.11 Å². The van der Waals surface area contributed by atoms with E-state index >= 15 is 0 Å². The molecule has 1 N–H and O–H groups in total. The zero-order valence-corrected chi connectivity index (χ0v) is 12.3. The molecule has 0 aliphatic heterocycles. The van der Waals surface area contributed by atoms with E-state index in [0.29, 0.717) is 6.04 Å². The SMILES string of the molecule is COc1ccccc1-c1ccc(Cl)cc1CNC1CC1. The molecule has 0 amide bonds. The molecule has 2 nitrogen and oxygen atoms in total. The molecule has 3 rings (SSSR count). The molecule has 0 bridgehead atoms. The van der Waals surface area contributed by atoms with E-state index in [1.165, 1.54) is 24.0 Å². The Kier molecular flexibility index (Phi) is 3.95. The van der Waals surface area contributed by atoms with E-state index in [1.54, 1.807) is 7.11 Å². The summed E-state index contributed by atoms with van der Waals surface area (Å²) in [6.45, 7) is 0.846. The van der Waals surface area contributed by atoms with Crippen molar-refractivity contribution in [2.45, 2.75) is 25.4 Å². The van der Waals surface area contributed by atoms with Gasteiger partial charge in [-0.3, -0.25) is 0 Å². The molecule has 20 heavy (non-hydrogen) atoms. The Morgan fingerprint density at radius 3 is 2.70 bits per heavy atom. The van der Waals surface area contributed by atoms with Crippen LogP contribution in [0.25, 0.3) is 11.1 Å². The van der Waals surface area contributed by atoms with E-state index < -0.39 is 0 Å². The summed E-state index contributed by atoms with van der Waals surface area (Å²) in [5, 5.41) is 4.32. The molecule has 0 atom stereocenters. The first kappa shape index (κ1) is 13.5. The van der Waals surface area contributed by atoms with Gasteiger partial charge in [0.25, 0.3) is 0 Å². The molecule has 0 saturated heterocycles. The van der Waals surface area contributed by atoms with Crippen LogP contribution in [0.1, 0.15) is 18.4 Å². The van der Waals surface area contributed by atoms with Gasteiger partial charge < -0.3 is 10.1 Å². The van der Waals surface area contributed by atoms with E-state index in [0.717, 1.165) is 22.9 Å². The fourth-order valence-electron chi connectivity index (χ4n) is 2.38. The second-order valence-corrected chi connectivity index (χ2v) is 5.59. The number of nitrogens with one attached hydrogen (secondary N) is 1. The smallest absolute Gasteiger partial charge is 0.126 e. The van der Waals surface area contributed by atoms with Crippen LogP contribution < -0.4 is 10.1 Å². The topological polar surface area (TPSA) is 21.3 Å². The molecule has 1 aliphatic carbocycles. The molecule has 0 aromatic heterocycles. The maximum absolute atomic E-state index is 6.15. The lowest BCUT2D eigenvalue weighted by molar-refractivity contribution is 0.416. The highest BCUT2D eigenvalue weighted by Crippen LogP contribution is 2.33. The molecule has 0 spiro atoms. The Labute approximate surface area is 124 Å². The quantitative estimate of drug-likeness (QED) is 0.887. The van der Waals surface area contributed by atoms with E-state index in [-0.39, 0.29) is 0 Å². The van der Waals surface area contributed by atoms with Crippen molar-refractivity contribution in [1.82, 2.24) is 5.32 Å². The van der Waals surface area contributed by atoms with Crippen LogP contribution in [0.5, 0.6) is 5.75 Å². The third-order valence-corrected chi connectivity index (χ3v) is 3.86. The van der Waals surface area contributed by atoms with Gasteiger partial charge in [-0.05, 0) is 42.2 Å². The third-order valence-electron chi connectivity index (χ3n) is 3.62. The zero-order chi connectivity index (χ0) is 13.9. The van der Waals surface area contributed by atoms with Gasteiger partial charge in [-0.15, -0.1) is 0 Å². The average molecular weight is 288 g/mol. The highest BCUT2D eigenvalue weighted by Gasteiger charge is 2.21. The first-order valence-electron chi connectivity index (χ1n) is 6.93. The minimum atomic E-state index is 0.680. The summed E-state index contributed by atoms with van der Waals surface area (Å²) in [5.74, 6) is 0.891. The maximum atomic E-state index is 6.15. The van der Waals surface area contributed by atoms with Crippen molar-refractivity contribution in [1.29, 1.82) is 0 Å². The maximum Gasteiger partial charge on any atom is 0.126 e. The van der Waals surface area contributed by atoms with Crippen LogP contribution in [0.3, 0.4) is 0 Å². The number of ether oxygens (including phenoxy) is 1. The van der Waals surface area contributed by atoms with Crippen LogP contribution in [-0.2, 0) is 6.54 Å². The zero-order valence-electron chi connectivity index (χ0n) is 11.5. The lowest BCUT2D eigenvalue weighted by Gasteiger charge is -2.14. The van der Waals surface area contributed by atoms with E-state index in [9.17, 15) is 0 Å². The average Bonchev–Trinajstić information content (AvgIpc) is 3.29. The van der Waals surface area contributed by atoms with E-state index in [1.807, 2.05) is 30.3 Å². The minimum absolute atomic E-state index is 0.680. The van der Waals surface area contributed by atoms with Gasteiger partial charge in [-0.2, -0.15) is 0 Å². The molecule has 1 saturated carbocycles. The predicted molar refractivity (Wildman–Crippen MR) is 83.3 cm³/mol. The molecule has 0 radical (unpaired) electrons. The number of hydrogen-bond donors (Lipinski definition) is 1. The molecule has 0 heterocycles. The van der Waals surface area contributed by atoms with Crippen molar-refractivity contribution >= 4 is 11.6 Å². The minimum Gasteiger partial charge on any atom is -0.496 e. The van der Waals surface area contributed by atoms with Crippen LogP contribution in [-0.4, -0.2) is 13.2 Å². The van der Waals surface area contributed by atoms with Crippen molar-refractivity contribution < 1.29 is 4.74 Å². The largest absolute Gasteiger partial charge is 0.496 e.